The molecule has 2 atom stereocenters. The van der Waals surface area contributed by atoms with Crippen molar-refractivity contribution < 1.29 is 23.2 Å². The summed E-state index contributed by atoms with van der Waals surface area (Å²) in [4.78, 5) is 19.2. The van der Waals surface area contributed by atoms with Gasteiger partial charge in [-0.2, -0.15) is 0 Å². The third-order valence-electron chi connectivity index (χ3n) is 0.708. The number of aliphatic imine (C=N–C) groups is 1. The Hall–Kier alpha value is -0.450. The lowest BCUT2D eigenvalue weighted by Gasteiger charge is -1.75. The predicted octanol–water partition coefficient (Wildman–Crippen LogP) is -0.0797. The van der Waals surface area contributed by atoms with Crippen molar-refractivity contribution in [3.8, 4) is 0 Å². The van der Waals surface area contributed by atoms with Gasteiger partial charge in [0, 0.05) is 15.7 Å². The van der Waals surface area contributed by atoms with Crippen LogP contribution in [0.25, 0.3) is 0 Å². The van der Waals surface area contributed by atoms with Crippen LogP contribution in [0.4, 0.5) is 0 Å². The van der Waals surface area contributed by atoms with Crippen LogP contribution >= 0.6 is 16.5 Å². The predicted molar refractivity (Wildman–Crippen MR) is 42.1 cm³/mol. The summed E-state index contributed by atoms with van der Waals surface area (Å²) in [5.41, 5.74) is 0. The maximum atomic E-state index is 9.39. The van der Waals surface area contributed by atoms with Crippen LogP contribution in [-0.2, 0) is 13.4 Å². The number of nitrogens with zero attached hydrogens (tertiary/aromatic N) is 1. The van der Waals surface area contributed by atoms with E-state index in [9.17, 15) is 9.13 Å². The van der Waals surface area contributed by atoms with Gasteiger partial charge in [-0.25, -0.2) is 0 Å². The number of nitrogens with one attached hydrogen (secondary N) is 1. The third kappa shape index (κ3) is 9.55. The van der Waals surface area contributed by atoms with Crippen molar-refractivity contribution in [1.29, 1.82) is 0 Å². The van der Waals surface area contributed by atoms with Gasteiger partial charge in [-0.1, -0.05) is 0 Å². The molecule has 0 fully saturated rings. The van der Waals surface area contributed by atoms with Gasteiger partial charge < -0.3 is 5.32 Å². The minimum atomic E-state index is -2.92. The molecule has 0 aromatic rings. The highest BCUT2D eigenvalue weighted by Crippen LogP contribution is 2.30. The van der Waals surface area contributed by atoms with Gasteiger partial charge >= 0.3 is 16.5 Å². The average molecular weight is 214 g/mol. The third-order valence-corrected chi connectivity index (χ3v) is 1.83. The smallest absolute Gasteiger partial charge is 0.375 e. The average Bonchev–Trinajstić information content (AvgIpc) is 2.36. The molecular weight excluding hydrogens is 206 g/mol. The molecule has 0 aliphatic carbocycles. The van der Waals surface area contributed by atoms with Crippen LogP contribution in [0.2, 0.25) is 0 Å². The van der Waals surface area contributed by atoms with Crippen molar-refractivity contribution in [3.05, 3.63) is 0 Å². The molecule has 12 heavy (non-hydrogen) atoms. The quantitative estimate of drug-likeness (QED) is 0.554. The Morgan fingerprint density at radius 1 is 1.42 bits per heavy atom. The van der Waals surface area contributed by atoms with Gasteiger partial charge in [0.05, 0.1) is 12.9 Å². The molecular formula is C3H8N2O5P2+2. The Balaban J connectivity index is 0.000000211. The summed E-state index contributed by atoms with van der Waals surface area (Å²) in [5, 5.41) is 2.93. The number of hydrogen-bond acceptors (Lipinski definition) is 5. The highest BCUT2D eigenvalue weighted by molar-refractivity contribution is 7.46. The summed E-state index contributed by atoms with van der Waals surface area (Å²) >= 11 is 0. The van der Waals surface area contributed by atoms with Crippen molar-refractivity contribution in [3.63, 3.8) is 0 Å². The lowest BCUT2D eigenvalue weighted by Crippen LogP contribution is -2.04. The fraction of sp³-hybridized carbons (Fsp3) is 0.667. The van der Waals surface area contributed by atoms with Gasteiger partial charge in [-0.15, -0.1) is 9.79 Å². The zero-order valence-corrected chi connectivity index (χ0v) is 7.74. The van der Waals surface area contributed by atoms with E-state index in [-0.39, 0.29) is 0 Å². The van der Waals surface area contributed by atoms with Crippen molar-refractivity contribution >= 4 is 22.8 Å². The Morgan fingerprint density at radius 3 is 2.08 bits per heavy atom. The topological polar surface area (TPSA) is 108 Å². The molecule has 3 N–H and O–H groups in total. The minimum Gasteiger partial charge on any atom is -0.375 e. The summed E-state index contributed by atoms with van der Waals surface area (Å²) in [7, 11) is -5.85. The fourth-order valence-electron chi connectivity index (χ4n) is 0.383. The molecule has 7 nitrogen and oxygen atoms in total. The van der Waals surface area contributed by atoms with Crippen LogP contribution < -0.4 is 5.32 Å². The summed E-state index contributed by atoms with van der Waals surface area (Å²) in [6.07, 6.45) is 1.74. The molecule has 0 radical (unpaired) electrons. The second-order valence-electron chi connectivity index (χ2n) is 1.55. The van der Waals surface area contributed by atoms with E-state index in [0.717, 1.165) is 13.1 Å². The van der Waals surface area contributed by atoms with Gasteiger partial charge in [-0.3, -0.25) is 4.99 Å². The molecule has 9 heteroatoms. The van der Waals surface area contributed by atoms with E-state index in [1.54, 1.807) is 6.34 Å². The van der Waals surface area contributed by atoms with Crippen LogP contribution in [0.3, 0.4) is 0 Å². The summed E-state index contributed by atoms with van der Waals surface area (Å²) in [5.74, 6) is 0. The fourth-order valence-corrected chi connectivity index (χ4v) is 0.861. The van der Waals surface area contributed by atoms with E-state index in [2.05, 4.69) is 14.6 Å². The van der Waals surface area contributed by atoms with Crippen LogP contribution in [0.15, 0.2) is 4.99 Å². The lowest BCUT2D eigenvalue weighted by molar-refractivity contribution is 0.371. The molecule has 68 valence electrons. The first-order valence-electron chi connectivity index (χ1n) is 2.85. The highest BCUT2D eigenvalue weighted by atomic mass is 31.2. The maximum absolute atomic E-state index is 9.39. The first kappa shape index (κ1) is 11.6. The Morgan fingerprint density at radius 2 is 2.00 bits per heavy atom. The van der Waals surface area contributed by atoms with E-state index in [0.29, 0.717) is 0 Å². The largest absolute Gasteiger partial charge is 0.745 e. The van der Waals surface area contributed by atoms with E-state index in [4.69, 9.17) is 9.79 Å². The SMILES string of the molecule is C1=NCCN1.O=[P+](O)O[P+](=O)O. The molecule has 0 spiro atoms. The van der Waals surface area contributed by atoms with E-state index in [1.165, 1.54) is 0 Å². The molecule has 0 amide bonds. The van der Waals surface area contributed by atoms with Gasteiger partial charge in [0.25, 0.3) is 0 Å². The molecule has 1 heterocycles. The van der Waals surface area contributed by atoms with Gasteiger partial charge in [0.1, 0.15) is 0 Å². The van der Waals surface area contributed by atoms with Crippen LogP contribution in [0.1, 0.15) is 0 Å². The molecule has 0 aromatic heterocycles. The Labute approximate surface area is 70.4 Å². The minimum absolute atomic E-state index is 0.958. The first-order valence-corrected chi connectivity index (χ1v) is 5.11. The molecule has 1 aliphatic heterocycles. The lowest BCUT2D eigenvalue weighted by atomic mass is 10.7. The summed E-state index contributed by atoms with van der Waals surface area (Å²) < 4.78 is 22.2. The monoisotopic (exact) mass is 214 g/mol. The van der Waals surface area contributed by atoms with Gasteiger partial charge in [0.2, 0.25) is 0 Å². The summed E-state index contributed by atoms with van der Waals surface area (Å²) in [6, 6.07) is 0. The highest BCUT2D eigenvalue weighted by Gasteiger charge is 2.31. The molecule has 0 saturated heterocycles. The first-order chi connectivity index (χ1) is 5.63. The Bertz CT molecular complexity index is 177. The van der Waals surface area contributed by atoms with E-state index >= 15 is 0 Å². The van der Waals surface area contributed by atoms with Crippen LogP contribution in [0.5, 0.6) is 0 Å². The molecule has 0 saturated carbocycles. The molecule has 0 aromatic carbocycles. The molecule has 1 aliphatic rings. The maximum Gasteiger partial charge on any atom is 0.745 e. The van der Waals surface area contributed by atoms with Gasteiger partial charge in [0.15, 0.2) is 4.31 Å². The van der Waals surface area contributed by atoms with Gasteiger partial charge in [-0.05, 0) is 0 Å². The zero-order valence-electron chi connectivity index (χ0n) is 5.95. The standard InChI is InChI=1S/C3H6N2.O5P2/c1-2-5-3-4-1;1-6(2)5-7(3)4/h3H,1-2H2,(H,4,5);/p+2. The normalized spacial score (nSPS) is 15.8. The Kier molecular flexibility index (Phi) is 6.94. The van der Waals surface area contributed by atoms with Crippen molar-refractivity contribution in [2.45, 2.75) is 0 Å². The van der Waals surface area contributed by atoms with Crippen molar-refractivity contribution in [2.75, 3.05) is 13.1 Å². The molecule has 2 unspecified atom stereocenters. The van der Waals surface area contributed by atoms with Crippen LogP contribution in [0, 0.1) is 0 Å². The second kappa shape index (κ2) is 7.21. The molecule has 0 bridgehead atoms. The van der Waals surface area contributed by atoms with E-state index < -0.39 is 16.5 Å². The zero-order chi connectivity index (χ0) is 9.40. The van der Waals surface area contributed by atoms with Crippen molar-refractivity contribution in [2.24, 2.45) is 4.99 Å². The molecule has 1 rings (SSSR count). The number of hydrogen-bond donors (Lipinski definition) is 3. The summed E-state index contributed by atoms with van der Waals surface area (Å²) in [6.45, 7) is 1.99. The number of rotatable bonds is 2. The van der Waals surface area contributed by atoms with Crippen LogP contribution in [-0.4, -0.2) is 29.2 Å². The van der Waals surface area contributed by atoms with Crippen molar-refractivity contribution in [1.82, 2.24) is 5.32 Å². The second-order valence-corrected chi connectivity index (χ2v) is 3.15. The van der Waals surface area contributed by atoms with E-state index in [1.807, 2.05) is 0 Å².